The Kier molecular flexibility index (Phi) is 7.17. The van der Waals surface area contributed by atoms with Gasteiger partial charge in [0.2, 0.25) is 0 Å². The zero-order valence-electron chi connectivity index (χ0n) is 18.1. The maximum Gasteiger partial charge on any atom is 0.145 e. The lowest BCUT2D eigenvalue weighted by Crippen LogP contribution is -2.29. The topological polar surface area (TPSA) is 95.2 Å². The van der Waals surface area contributed by atoms with Crippen LogP contribution in [0.2, 0.25) is 0 Å². The number of aliphatic hydroxyl groups is 2. The van der Waals surface area contributed by atoms with Crippen LogP contribution in [0.25, 0.3) is 11.0 Å². The Labute approximate surface area is 183 Å². The fourth-order valence-electron chi connectivity index (χ4n) is 4.76. The Morgan fingerprint density at radius 2 is 1.87 bits per heavy atom. The molecule has 0 unspecified atom stereocenters. The summed E-state index contributed by atoms with van der Waals surface area (Å²) in [7, 11) is 1.83. The first-order valence-electron chi connectivity index (χ1n) is 11.3. The number of aromatic nitrogens is 3. The van der Waals surface area contributed by atoms with E-state index in [4.69, 9.17) is 0 Å². The van der Waals surface area contributed by atoms with E-state index in [-0.39, 0.29) is 12.0 Å². The molecule has 166 valence electrons. The highest BCUT2D eigenvalue weighted by molar-refractivity contribution is 5.87. The molecule has 4 atom stereocenters. The van der Waals surface area contributed by atoms with Crippen molar-refractivity contribution in [2.75, 3.05) is 25.5 Å². The zero-order chi connectivity index (χ0) is 21.6. The normalized spacial score (nSPS) is 23.5. The molecule has 1 fully saturated rings. The van der Waals surface area contributed by atoms with Gasteiger partial charge >= 0.3 is 0 Å². The van der Waals surface area contributed by atoms with Crippen molar-refractivity contribution in [1.29, 1.82) is 0 Å². The van der Waals surface area contributed by atoms with Crippen LogP contribution in [0.5, 0.6) is 0 Å². The zero-order valence-corrected chi connectivity index (χ0v) is 18.1. The molecule has 1 aliphatic carbocycles. The number of benzene rings is 1. The van der Waals surface area contributed by atoms with Crippen molar-refractivity contribution in [2.24, 2.45) is 5.92 Å². The Morgan fingerprint density at radius 3 is 2.68 bits per heavy atom. The molecule has 3 aromatic rings. The second-order valence-corrected chi connectivity index (χ2v) is 8.46. The van der Waals surface area contributed by atoms with E-state index < -0.39 is 12.2 Å². The van der Waals surface area contributed by atoms with Crippen LogP contribution in [0.4, 0.5) is 5.82 Å². The second-order valence-electron chi connectivity index (χ2n) is 8.46. The van der Waals surface area contributed by atoms with Gasteiger partial charge in [0.25, 0.3) is 0 Å². The predicted octanol–water partition coefficient (Wildman–Crippen LogP) is 2.76. The molecule has 0 spiro atoms. The predicted molar refractivity (Wildman–Crippen MR) is 123 cm³/mol. The van der Waals surface area contributed by atoms with Crippen molar-refractivity contribution < 1.29 is 10.2 Å². The lowest BCUT2D eigenvalue weighted by molar-refractivity contribution is 0.00502. The molecule has 0 amide bonds. The minimum absolute atomic E-state index is 0.104. The SMILES string of the molecule is CNc1ncnc2c1ccn2[C@@H]1C[C@H](CCCCNCCc2ccccc2)[C@@H](O)[C@H]1O. The average Bonchev–Trinajstić information content (AvgIpc) is 3.35. The molecule has 7 heteroatoms. The molecule has 1 aromatic carbocycles. The third kappa shape index (κ3) is 4.89. The number of unbranched alkanes of at least 4 members (excludes halogenated alkanes) is 1. The number of anilines is 1. The first-order chi connectivity index (χ1) is 15.2. The van der Waals surface area contributed by atoms with Gasteiger partial charge in [0, 0.05) is 13.2 Å². The number of hydrogen-bond donors (Lipinski definition) is 4. The molecule has 0 bridgehead atoms. The van der Waals surface area contributed by atoms with E-state index in [1.807, 2.05) is 29.9 Å². The number of hydrogen-bond acceptors (Lipinski definition) is 6. The van der Waals surface area contributed by atoms with Gasteiger partial charge in [-0.25, -0.2) is 9.97 Å². The summed E-state index contributed by atoms with van der Waals surface area (Å²) in [6, 6.07) is 12.3. The van der Waals surface area contributed by atoms with Crippen LogP contribution in [-0.4, -0.2) is 57.1 Å². The second kappa shape index (κ2) is 10.2. The Morgan fingerprint density at radius 1 is 1.03 bits per heavy atom. The van der Waals surface area contributed by atoms with E-state index in [1.54, 1.807) is 0 Å². The summed E-state index contributed by atoms with van der Waals surface area (Å²) in [6.07, 6.45) is 6.83. The number of rotatable bonds is 10. The molecule has 1 saturated carbocycles. The Bertz CT molecular complexity index is 961. The van der Waals surface area contributed by atoms with E-state index in [1.165, 1.54) is 11.9 Å². The molecule has 31 heavy (non-hydrogen) atoms. The summed E-state index contributed by atoms with van der Waals surface area (Å²) >= 11 is 0. The van der Waals surface area contributed by atoms with Gasteiger partial charge in [-0.15, -0.1) is 0 Å². The van der Waals surface area contributed by atoms with E-state index in [2.05, 4.69) is 44.9 Å². The van der Waals surface area contributed by atoms with Gasteiger partial charge in [-0.2, -0.15) is 0 Å². The van der Waals surface area contributed by atoms with Gasteiger partial charge in [-0.05, 0) is 56.3 Å². The smallest absolute Gasteiger partial charge is 0.145 e. The van der Waals surface area contributed by atoms with Crippen LogP contribution in [-0.2, 0) is 6.42 Å². The van der Waals surface area contributed by atoms with Crippen LogP contribution < -0.4 is 10.6 Å². The number of nitrogens with one attached hydrogen (secondary N) is 2. The van der Waals surface area contributed by atoms with Crippen molar-refractivity contribution in [3.8, 4) is 0 Å². The summed E-state index contributed by atoms with van der Waals surface area (Å²) in [5.41, 5.74) is 2.15. The largest absolute Gasteiger partial charge is 0.390 e. The Balaban J connectivity index is 1.25. The minimum atomic E-state index is -0.780. The molecular weight excluding hydrogens is 390 g/mol. The molecule has 4 N–H and O–H groups in total. The lowest BCUT2D eigenvalue weighted by atomic mass is 9.98. The van der Waals surface area contributed by atoms with Crippen LogP contribution in [0.1, 0.15) is 37.3 Å². The van der Waals surface area contributed by atoms with Crippen molar-refractivity contribution in [2.45, 2.75) is 50.4 Å². The molecule has 0 aliphatic heterocycles. The summed E-state index contributed by atoms with van der Waals surface area (Å²) in [4.78, 5) is 8.66. The van der Waals surface area contributed by atoms with Crippen LogP contribution in [0.3, 0.4) is 0 Å². The molecule has 0 radical (unpaired) electrons. The first-order valence-corrected chi connectivity index (χ1v) is 11.3. The van der Waals surface area contributed by atoms with E-state index >= 15 is 0 Å². The molecule has 2 heterocycles. The summed E-state index contributed by atoms with van der Waals surface area (Å²) in [5.74, 6) is 0.875. The van der Waals surface area contributed by atoms with E-state index in [0.29, 0.717) is 0 Å². The fraction of sp³-hybridized carbons (Fsp3) is 0.500. The summed E-state index contributed by atoms with van der Waals surface area (Å²) < 4.78 is 2.00. The summed E-state index contributed by atoms with van der Waals surface area (Å²) in [6.45, 7) is 1.96. The minimum Gasteiger partial charge on any atom is -0.390 e. The molecular formula is C24H33N5O2. The maximum absolute atomic E-state index is 10.7. The van der Waals surface area contributed by atoms with Gasteiger partial charge in [0.15, 0.2) is 0 Å². The Hall–Kier alpha value is -2.48. The summed E-state index contributed by atoms with van der Waals surface area (Å²) in [5, 5.41) is 28.9. The highest BCUT2D eigenvalue weighted by atomic mass is 16.3. The molecule has 4 rings (SSSR count). The van der Waals surface area contributed by atoms with Crippen molar-refractivity contribution in [3.05, 3.63) is 54.5 Å². The van der Waals surface area contributed by atoms with Crippen LogP contribution in [0, 0.1) is 5.92 Å². The molecule has 7 nitrogen and oxygen atoms in total. The highest BCUT2D eigenvalue weighted by Crippen LogP contribution is 2.39. The monoisotopic (exact) mass is 423 g/mol. The van der Waals surface area contributed by atoms with Crippen molar-refractivity contribution in [3.63, 3.8) is 0 Å². The van der Waals surface area contributed by atoms with Gasteiger partial charge in [0.05, 0.1) is 17.5 Å². The molecule has 0 saturated heterocycles. The van der Waals surface area contributed by atoms with Crippen molar-refractivity contribution >= 4 is 16.9 Å². The van der Waals surface area contributed by atoms with Crippen molar-refractivity contribution in [1.82, 2.24) is 19.9 Å². The van der Waals surface area contributed by atoms with Gasteiger partial charge in [-0.1, -0.05) is 36.8 Å². The standard InChI is InChI=1S/C24H33N5O2/c1-25-23-19-11-14-29(24(19)28-16-27-23)20-15-18(21(30)22(20)31)9-5-6-12-26-13-10-17-7-3-2-4-8-17/h2-4,7-8,11,14,16,18,20-22,26,30-31H,5-6,9-10,12-13,15H2,1H3,(H,25,27,28)/t18-,20+,21+,22-/m0/s1. The first kappa shape index (κ1) is 21.7. The molecule has 2 aromatic heterocycles. The van der Waals surface area contributed by atoms with Gasteiger partial charge in [0.1, 0.15) is 23.9 Å². The third-order valence-electron chi connectivity index (χ3n) is 6.49. The quantitative estimate of drug-likeness (QED) is 0.375. The lowest BCUT2D eigenvalue weighted by Gasteiger charge is -2.19. The third-order valence-corrected chi connectivity index (χ3v) is 6.49. The average molecular weight is 424 g/mol. The number of aliphatic hydroxyl groups excluding tert-OH is 2. The highest BCUT2D eigenvalue weighted by Gasteiger charge is 2.42. The van der Waals surface area contributed by atoms with Gasteiger partial charge < -0.3 is 25.4 Å². The number of fused-ring (bicyclic) bond motifs is 1. The van der Waals surface area contributed by atoms with Crippen LogP contribution in [0.15, 0.2) is 48.9 Å². The van der Waals surface area contributed by atoms with Gasteiger partial charge in [-0.3, -0.25) is 0 Å². The number of nitrogens with zero attached hydrogens (tertiary/aromatic N) is 3. The van der Waals surface area contributed by atoms with Crippen LogP contribution >= 0.6 is 0 Å². The van der Waals surface area contributed by atoms with E-state index in [0.717, 1.165) is 62.0 Å². The fourth-order valence-corrected chi connectivity index (χ4v) is 4.76. The molecule has 1 aliphatic rings. The maximum atomic E-state index is 10.7. The van der Waals surface area contributed by atoms with E-state index in [9.17, 15) is 10.2 Å².